The predicted molar refractivity (Wildman–Crippen MR) is 91.5 cm³/mol. The number of rotatable bonds is 7. The number of halogens is 1. The number of esters is 1. The first kappa shape index (κ1) is 16.6. The van der Waals surface area contributed by atoms with Gasteiger partial charge in [-0.05, 0) is 42.3 Å². The van der Waals surface area contributed by atoms with Crippen LogP contribution in [0.5, 0.6) is 17.2 Å². The molecule has 3 rings (SSSR count). The molecular formula is C18H17BrO5. The van der Waals surface area contributed by atoms with Gasteiger partial charge in [-0.15, -0.1) is 0 Å². The molecule has 126 valence electrons. The Labute approximate surface area is 148 Å². The highest BCUT2D eigenvalue weighted by atomic mass is 79.9. The van der Waals surface area contributed by atoms with Gasteiger partial charge in [-0.3, -0.25) is 4.79 Å². The molecule has 0 unspecified atom stereocenters. The summed E-state index contributed by atoms with van der Waals surface area (Å²) in [6.45, 7) is 0.803. The molecule has 0 aromatic heterocycles. The van der Waals surface area contributed by atoms with Gasteiger partial charge in [0.1, 0.15) is 19.0 Å². The van der Waals surface area contributed by atoms with Gasteiger partial charge >= 0.3 is 5.97 Å². The van der Waals surface area contributed by atoms with E-state index in [0.29, 0.717) is 19.4 Å². The zero-order chi connectivity index (χ0) is 16.8. The summed E-state index contributed by atoms with van der Waals surface area (Å²) in [5, 5.41) is 0. The lowest BCUT2D eigenvalue weighted by atomic mass is 10.1. The maximum Gasteiger partial charge on any atom is 0.306 e. The van der Waals surface area contributed by atoms with Crippen LogP contribution in [0.25, 0.3) is 0 Å². The van der Waals surface area contributed by atoms with Gasteiger partial charge in [-0.2, -0.15) is 0 Å². The molecule has 0 radical (unpaired) electrons. The number of carbonyl (C=O) groups is 1. The number of fused-ring (bicyclic) bond motifs is 1. The van der Waals surface area contributed by atoms with Gasteiger partial charge in [0.05, 0.1) is 0 Å². The zero-order valence-electron chi connectivity index (χ0n) is 13.0. The van der Waals surface area contributed by atoms with Gasteiger partial charge in [-0.1, -0.05) is 28.1 Å². The molecule has 2 aromatic carbocycles. The Kier molecular flexibility index (Phi) is 5.59. The second kappa shape index (κ2) is 8.06. The highest BCUT2D eigenvalue weighted by Gasteiger charge is 2.13. The minimum atomic E-state index is -0.245. The van der Waals surface area contributed by atoms with Crippen LogP contribution in [-0.2, 0) is 16.0 Å². The van der Waals surface area contributed by atoms with E-state index in [9.17, 15) is 4.79 Å². The van der Waals surface area contributed by atoms with Crippen molar-refractivity contribution in [2.75, 3.05) is 20.0 Å². The van der Waals surface area contributed by atoms with E-state index in [4.69, 9.17) is 18.9 Å². The van der Waals surface area contributed by atoms with Crippen LogP contribution < -0.4 is 14.2 Å². The van der Waals surface area contributed by atoms with Crippen molar-refractivity contribution in [1.29, 1.82) is 0 Å². The second-order valence-electron chi connectivity index (χ2n) is 5.21. The minimum Gasteiger partial charge on any atom is -0.490 e. The van der Waals surface area contributed by atoms with Gasteiger partial charge in [0.25, 0.3) is 0 Å². The summed E-state index contributed by atoms with van der Waals surface area (Å²) in [6.07, 6.45) is 0.915. The lowest BCUT2D eigenvalue weighted by Gasteiger charge is -2.08. The van der Waals surface area contributed by atoms with Crippen LogP contribution in [0.2, 0.25) is 0 Å². The summed E-state index contributed by atoms with van der Waals surface area (Å²) in [5.74, 6) is 1.96. The summed E-state index contributed by atoms with van der Waals surface area (Å²) in [7, 11) is 0. The fourth-order valence-corrected chi connectivity index (χ4v) is 2.67. The maximum atomic E-state index is 11.8. The van der Waals surface area contributed by atoms with Crippen molar-refractivity contribution >= 4 is 21.9 Å². The Bertz CT molecular complexity index is 716. The molecule has 0 N–H and O–H groups in total. The summed E-state index contributed by atoms with van der Waals surface area (Å²) in [5.41, 5.74) is 1.02. The molecule has 6 heteroatoms. The smallest absolute Gasteiger partial charge is 0.306 e. The number of aryl methyl sites for hydroxylation is 1. The number of benzene rings is 2. The number of carbonyl (C=O) groups excluding carboxylic acids is 1. The number of hydrogen-bond donors (Lipinski definition) is 0. The third-order valence-corrected chi connectivity index (χ3v) is 3.96. The summed E-state index contributed by atoms with van der Waals surface area (Å²) in [6, 6.07) is 13.2. The molecule has 24 heavy (non-hydrogen) atoms. The van der Waals surface area contributed by atoms with E-state index < -0.39 is 0 Å². The van der Waals surface area contributed by atoms with E-state index in [0.717, 1.165) is 27.3 Å². The first-order valence-electron chi connectivity index (χ1n) is 7.63. The fourth-order valence-electron chi connectivity index (χ4n) is 2.29. The molecule has 0 saturated carbocycles. The minimum absolute atomic E-state index is 0.229. The predicted octanol–water partition coefficient (Wildman–Crippen LogP) is 3.73. The van der Waals surface area contributed by atoms with Gasteiger partial charge in [0.2, 0.25) is 6.79 Å². The van der Waals surface area contributed by atoms with E-state index in [1.54, 1.807) is 0 Å². The maximum absolute atomic E-state index is 11.8. The van der Waals surface area contributed by atoms with E-state index in [1.165, 1.54) is 0 Å². The molecule has 0 atom stereocenters. The number of hydrogen-bond acceptors (Lipinski definition) is 5. The van der Waals surface area contributed by atoms with Crippen molar-refractivity contribution in [2.45, 2.75) is 12.8 Å². The van der Waals surface area contributed by atoms with Crippen molar-refractivity contribution in [1.82, 2.24) is 0 Å². The van der Waals surface area contributed by atoms with Crippen molar-refractivity contribution in [3.63, 3.8) is 0 Å². The highest BCUT2D eigenvalue weighted by molar-refractivity contribution is 9.10. The fraction of sp³-hybridized carbons (Fsp3) is 0.278. The lowest BCUT2D eigenvalue weighted by Crippen LogP contribution is -2.12. The molecular weight excluding hydrogens is 376 g/mol. The van der Waals surface area contributed by atoms with Crippen LogP contribution in [0.3, 0.4) is 0 Å². The second-order valence-corrected chi connectivity index (χ2v) is 6.13. The molecule has 0 fully saturated rings. The largest absolute Gasteiger partial charge is 0.490 e. The van der Waals surface area contributed by atoms with Crippen LogP contribution in [-0.4, -0.2) is 26.0 Å². The standard InChI is InChI=1S/C18H17BrO5/c19-14-2-1-3-15(11-14)21-8-9-22-18(20)7-5-13-4-6-16-17(10-13)24-12-23-16/h1-4,6,10-11H,5,7-9,12H2. The van der Waals surface area contributed by atoms with Gasteiger partial charge in [-0.25, -0.2) is 0 Å². The van der Waals surface area contributed by atoms with Crippen LogP contribution in [0.1, 0.15) is 12.0 Å². The van der Waals surface area contributed by atoms with Gasteiger partial charge in [0.15, 0.2) is 11.5 Å². The highest BCUT2D eigenvalue weighted by Crippen LogP contribution is 2.32. The first-order chi connectivity index (χ1) is 11.7. The third kappa shape index (κ3) is 4.64. The average Bonchev–Trinajstić information content (AvgIpc) is 3.05. The molecule has 1 aliphatic rings. The monoisotopic (exact) mass is 392 g/mol. The Morgan fingerprint density at radius 3 is 2.83 bits per heavy atom. The molecule has 5 nitrogen and oxygen atoms in total. The van der Waals surface area contributed by atoms with Crippen molar-refractivity contribution in [3.05, 3.63) is 52.5 Å². The van der Waals surface area contributed by atoms with Crippen LogP contribution in [0, 0.1) is 0 Å². The Balaban J connectivity index is 1.35. The molecule has 2 aromatic rings. The molecule has 0 spiro atoms. The quantitative estimate of drug-likeness (QED) is 0.530. The Morgan fingerprint density at radius 2 is 1.96 bits per heavy atom. The lowest BCUT2D eigenvalue weighted by molar-refractivity contribution is -0.144. The zero-order valence-corrected chi connectivity index (χ0v) is 14.6. The topological polar surface area (TPSA) is 54.0 Å². The van der Waals surface area contributed by atoms with Crippen LogP contribution in [0.4, 0.5) is 0 Å². The van der Waals surface area contributed by atoms with E-state index in [1.807, 2.05) is 42.5 Å². The molecule has 1 aliphatic heterocycles. The molecule has 0 aliphatic carbocycles. The molecule has 0 saturated heterocycles. The Morgan fingerprint density at radius 1 is 1.08 bits per heavy atom. The van der Waals surface area contributed by atoms with E-state index >= 15 is 0 Å². The SMILES string of the molecule is O=C(CCc1ccc2c(c1)OCO2)OCCOc1cccc(Br)c1. The summed E-state index contributed by atoms with van der Waals surface area (Å²) < 4.78 is 22.2. The first-order valence-corrected chi connectivity index (χ1v) is 8.42. The normalized spacial score (nSPS) is 12.0. The van der Waals surface area contributed by atoms with Crippen LogP contribution in [0.15, 0.2) is 46.9 Å². The average molecular weight is 393 g/mol. The molecule has 0 bridgehead atoms. The van der Waals surface area contributed by atoms with Crippen molar-refractivity contribution < 1.29 is 23.7 Å². The Hall–Kier alpha value is -2.21. The van der Waals surface area contributed by atoms with Gasteiger partial charge in [0, 0.05) is 10.9 Å². The summed E-state index contributed by atoms with van der Waals surface area (Å²) in [4.78, 5) is 11.8. The summed E-state index contributed by atoms with van der Waals surface area (Å²) >= 11 is 3.37. The van der Waals surface area contributed by atoms with E-state index in [2.05, 4.69) is 15.9 Å². The van der Waals surface area contributed by atoms with Gasteiger partial charge < -0.3 is 18.9 Å². The van der Waals surface area contributed by atoms with Crippen LogP contribution >= 0.6 is 15.9 Å². The third-order valence-electron chi connectivity index (χ3n) is 3.47. The molecule has 1 heterocycles. The van der Waals surface area contributed by atoms with E-state index in [-0.39, 0.29) is 19.4 Å². The van der Waals surface area contributed by atoms with Crippen molar-refractivity contribution in [2.24, 2.45) is 0 Å². The number of ether oxygens (including phenoxy) is 4. The molecule has 0 amide bonds. The van der Waals surface area contributed by atoms with Crippen molar-refractivity contribution in [3.8, 4) is 17.2 Å².